The van der Waals surface area contributed by atoms with Crippen molar-refractivity contribution in [2.24, 2.45) is 0 Å². The van der Waals surface area contributed by atoms with Crippen molar-refractivity contribution in [3.8, 4) is 17.2 Å². The minimum absolute atomic E-state index is 0.0468. The lowest BCUT2D eigenvalue weighted by Gasteiger charge is -2.27. The Morgan fingerprint density at radius 2 is 1.57 bits per heavy atom. The van der Waals surface area contributed by atoms with E-state index in [2.05, 4.69) is 39.8 Å². The van der Waals surface area contributed by atoms with Crippen molar-refractivity contribution in [2.75, 3.05) is 7.11 Å². The average molecular weight is 407 g/mol. The molecule has 0 aliphatic carbocycles. The van der Waals surface area contributed by atoms with E-state index < -0.39 is 0 Å². The van der Waals surface area contributed by atoms with Gasteiger partial charge in [-0.1, -0.05) is 50.2 Å². The van der Waals surface area contributed by atoms with Crippen molar-refractivity contribution in [1.82, 2.24) is 0 Å². The summed E-state index contributed by atoms with van der Waals surface area (Å²) >= 11 is 0. The zero-order valence-electron chi connectivity index (χ0n) is 18.6. The molecule has 0 aliphatic heterocycles. The van der Waals surface area contributed by atoms with Crippen molar-refractivity contribution in [2.45, 2.75) is 52.4 Å². The van der Waals surface area contributed by atoms with E-state index in [1.54, 1.807) is 7.11 Å². The third-order valence-corrected chi connectivity index (χ3v) is 5.68. The fourth-order valence-corrected chi connectivity index (χ4v) is 3.94. The van der Waals surface area contributed by atoms with Gasteiger partial charge in [0.1, 0.15) is 11.5 Å². The Hall–Kier alpha value is -2.81. The smallest absolute Gasteiger partial charge is 0.165 e. The molecule has 0 unspecified atom stereocenters. The van der Waals surface area contributed by atoms with Gasteiger partial charge < -0.3 is 9.47 Å². The largest absolute Gasteiger partial charge is 0.496 e. The lowest BCUT2D eigenvalue weighted by molar-refractivity contribution is 0.406. The molecule has 0 aromatic heterocycles. The van der Waals surface area contributed by atoms with Crippen LogP contribution in [0, 0.1) is 19.7 Å². The van der Waals surface area contributed by atoms with E-state index in [-0.39, 0.29) is 17.0 Å². The first-order chi connectivity index (χ1) is 14.3. The average Bonchev–Trinajstić information content (AvgIpc) is 2.71. The highest BCUT2D eigenvalue weighted by Gasteiger charge is 2.22. The summed E-state index contributed by atoms with van der Waals surface area (Å²) < 4.78 is 25.4. The Balaban J connectivity index is 1.66. The summed E-state index contributed by atoms with van der Waals surface area (Å²) in [5.41, 5.74) is 4.79. The molecular formula is C27H31FO2. The van der Waals surface area contributed by atoms with E-state index in [1.165, 1.54) is 22.8 Å². The molecule has 3 aromatic rings. The number of rotatable bonds is 8. The summed E-state index contributed by atoms with van der Waals surface area (Å²) in [6, 6.07) is 18.9. The van der Waals surface area contributed by atoms with Crippen LogP contribution in [0.1, 0.15) is 48.9 Å². The van der Waals surface area contributed by atoms with Crippen LogP contribution in [0.3, 0.4) is 0 Å². The predicted octanol–water partition coefficient (Wildman–Crippen LogP) is 7.54. The molecule has 0 saturated carbocycles. The summed E-state index contributed by atoms with van der Waals surface area (Å²) in [7, 11) is 1.72. The quantitative estimate of drug-likeness (QED) is 0.384. The Bertz CT molecular complexity index is 970. The van der Waals surface area contributed by atoms with E-state index in [4.69, 9.17) is 9.47 Å². The van der Waals surface area contributed by atoms with Gasteiger partial charge in [-0.25, -0.2) is 4.39 Å². The molecule has 2 nitrogen and oxygen atoms in total. The van der Waals surface area contributed by atoms with Gasteiger partial charge in [-0.3, -0.25) is 0 Å². The van der Waals surface area contributed by atoms with Crippen LogP contribution in [-0.2, 0) is 11.8 Å². The minimum Gasteiger partial charge on any atom is -0.496 e. The molecule has 0 heterocycles. The number of para-hydroxylation sites is 1. The first kappa shape index (κ1) is 21.9. The molecule has 0 spiro atoms. The van der Waals surface area contributed by atoms with Gasteiger partial charge in [-0.15, -0.1) is 0 Å². The van der Waals surface area contributed by atoms with Gasteiger partial charge in [0.25, 0.3) is 0 Å². The standard InChI is InChI=1S/C27H31FO2/c1-19-16-22(17-20(2)26(19)29-5)27(3,4)15-9-10-21-13-14-24(28)25(18-21)30-23-11-7-6-8-12-23/h6-8,11-14,16-18H,9-10,15H2,1-5H3. The maximum absolute atomic E-state index is 14.2. The zero-order valence-corrected chi connectivity index (χ0v) is 18.6. The third kappa shape index (κ3) is 5.21. The molecule has 0 bridgehead atoms. The molecule has 30 heavy (non-hydrogen) atoms. The molecule has 0 N–H and O–H groups in total. The second-order valence-electron chi connectivity index (χ2n) is 8.56. The minimum atomic E-state index is -0.341. The molecule has 0 radical (unpaired) electrons. The highest BCUT2D eigenvalue weighted by molar-refractivity contribution is 5.45. The Labute approximate surface area is 179 Å². The fourth-order valence-electron chi connectivity index (χ4n) is 3.94. The van der Waals surface area contributed by atoms with Crippen molar-refractivity contribution in [1.29, 1.82) is 0 Å². The normalized spacial score (nSPS) is 11.4. The van der Waals surface area contributed by atoms with Crippen molar-refractivity contribution < 1.29 is 13.9 Å². The van der Waals surface area contributed by atoms with E-state index in [9.17, 15) is 4.39 Å². The Kier molecular flexibility index (Phi) is 6.81. The summed E-state index contributed by atoms with van der Waals surface area (Å²) in [5, 5.41) is 0. The first-order valence-corrected chi connectivity index (χ1v) is 10.5. The topological polar surface area (TPSA) is 18.5 Å². The number of hydrogen-bond donors (Lipinski definition) is 0. The number of methoxy groups -OCH3 is 1. The van der Waals surface area contributed by atoms with Crippen LogP contribution in [0.25, 0.3) is 0 Å². The monoisotopic (exact) mass is 406 g/mol. The third-order valence-electron chi connectivity index (χ3n) is 5.68. The van der Waals surface area contributed by atoms with Crippen molar-refractivity contribution in [3.63, 3.8) is 0 Å². The van der Waals surface area contributed by atoms with E-state index in [1.807, 2.05) is 42.5 Å². The SMILES string of the molecule is COc1c(C)cc(C(C)(C)CCCc2ccc(F)c(Oc3ccccc3)c2)cc1C. The van der Waals surface area contributed by atoms with Crippen molar-refractivity contribution in [3.05, 3.63) is 88.7 Å². The van der Waals surface area contributed by atoms with Gasteiger partial charge in [0.15, 0.2) is 11.6 Å². The number of aryl methyl sites for hydroxylation is 3. The van der Waals surface area contributed by atoms with E-state index >= 15 is 0 Å². The maximum Gasteiger partial charge on any atom is 0.165 e. The Morgan fingerprint density at radius 1 is 0.900 bits per heavy atom. The first-order valence-electron chi connectivity index (χ1n) is 10.5. The highest BCUT2D eigenvalue weighted by atomic mass is 19.1. The molecule has 0 fully saturated rings. The lowest BCUT2D eigenvalue weighted by atomic mass is 9.78. The number of halogens is 1. The molecule has 0 amide bonds. The van der Waals surface area contributed by atoms with Crippen LogP contribution < -0.4 is 9.47 Å². The molecule has 0 atom stereocenters. The molecular weight excluding hydrogens is 375 g/mol. The van der Waals surface area contributed by atoms with Crippen LogP contribution in [0.15, 0.2) is 60.7 Å². The number of ether oxygens (including phenoxy) is 2. The number of hydrogen-bond acceptors (Lipinski definition) is 2. The van der Waals surface area contributed by atoms with Gasteiger partial charge in [-0.05, 0) is 85.0 Å². The van der Waals surface area contributed by atoms with Crippen LogP contribution in [-0.4, -0.2) is 7.11 Å². The zero-order chi connectivity index (χ0) is 21.7. The molecule has 158 valence electrons. The molecule has 0 saturated heterocycles. The van der Waals surface area contributed by atoms with Gasteiger partial charge in [0.2, 0.25) is 0 Å². The molecule has 3 aromatic carbocycles. The number of benzene rings is 3. The predicted molar refractivity (Wildman–Crippen MR) is 121 cm³/mol. The van der Waals surface area contributed by atoms with Crippen LogP contribution in [0.5, 0.6) is 17.2 Å². The second kappa shape index (κ2) is 9.34. The highest BCUT2D eigenvalue weighted by Crippen LogP contribution is 2.34. The van der Waals surface area contributed by atoms with E-state index in [0.717, 1.165) is 30.6 Å². The molecule has 3 heteroatoms. The van der Waals surface area contributed by atoms with Gasteiger partial charge >= 0.3 is 0 Å². The van der Waals surface area contributed by atoms with E-state index in [0.29, 0.717) is 5.75 Å². The second-order valence-corrected chi connectivity index (χ2v) is 8.56. The molecule has 3 rings (SSSR count). The van der Waals surface area contributed by atoms with Gasteiger partial charge in [-0.2, -0.15) is 0 Å². The summed E-state index contributed by atoms with van der Waals surface area (Å²) in [4.78, 5) is 0. The van der Waals surface area contributed by atoms with Crippen LogP contribution in [0.2, 0.25) is 0 Å². The lowest BCUT2D eigenvalue weighted by Crippen LogP contribution is -2.18. The van der Waals surface area contributed by atoms with Crippen LogP contribution in [0.4, 0.5) is 4.39 Å². The maximum atomic E-state index is 14.2. The van der Waals surface area contributed by atoms with Gasteiger partial charge in [0.05, 0.1) is 7.11 Å². The molecule has 0 aliphatic rings. The summed E-state index contributed by atoms with van der Waals surface area (Å²) in [6.07, 6.45) is 2.92. The Morgan fingerprint density at radius 3 is 2.20 bits per heavy atom. The summed E-state index contributed by atoms with van der Waals surface area (Å²) in [5.74, 6) is 1.54. The summed E-state index contributed by atoms with van der Waals surface area (Å²) in [6.45, 7) is 8.75. The van der Waals surface area contributed by atoms with Gasteiger partial charge in [0, 0.05) is 0 Å². The van der Waals surface area contributed by atoms with Crippen molar-refractivity contribution >= 4 is 0 Å². The fraction of sp³-hybridized carbons (Fsp3) is 0.333. The van der Waals surface area contributed by atoms with Crippen LogP contribution >= 0.6 is 0 Å².